The Morgan fingerprint density at radius 2 is 2.00 bits per heavy atom. The van der Waals surface area contributed by atoms with E-state index in [2.05, 4.69) is 37.0 Å². The molecule has 0 aliphatic carbocycles. The number of pyridine rings is 1. The third kappa shape index (κ3) is 5.48. The van der Waals surface area contributed by atoms with E-state index in [-0.39, 0.29) is 6.10 Å². The Kier molecular flexibility index (Phi) is 6.42. The van der Waals surface area contributed by atoms with Gasteiger partial charge in [-0.3, -0.25) is 4.98 Å². The molecule has 27 heavy (non-hydrogen) atoms. The molecule has 0 spiro atoms. The maximum absolute atomic E-state index is 12.5. The molecule has 1 aromatic heterocycles. The number of hydrogen-bond donors (Lipinski definition) is 0. The van der Waals surface area contributed by atoms with E-state index in [0.717, 1.165) is 5.56 Å². The minimum atomic E-state index is -3.41. The van der Waals surface area contributed by atoms with Gasteiger partial charge < -0.3 is 4.74 Å². The van der Waals surface area contributed by atoms with Crippen molar-refractivity contribution >= 4 is 16.1 Å². The number of ether oxygens (including phenoxy) is 1. The van der Waals surface area contributed by atoms with Crippen LogP contribution in [-0.2, 0) is 21.4 Å². The van der Waals surface area contributed by atoms with Crippen LogP contribution in [0.4, 0.5) is 0 Å². The topological polar surface area (TPSA) is 59.5 Å². The molecule has 1 aliphatic rings. The van der Waals surface area contributed by atoms with Gasteiger partial charge in [-0.05, 0) is 55.5 Å². The van der Waals surface area contributed by atoms with Crippen molar-refractivity contribution in [3.63, 3.8) is 0 Å². The predicted octanol–water partition coefficient (Wildman–Crippen LogP) is 3.68. The Bertz CT molecular complexity index is 887. The smallest absolute Gasteiger partial charge is 0.236 e. The van der Waals surface area contributed by atoms with Crippen LogP contribution < -0.4 is 0 Å². The third-order valence-corrected chi connectivity index (χ3v) is 6.42. The fraction of sp³-hybridized carbons (Fsp3) is 0.381. The summed E-state index contributed by atoms with van der Waals surface area (Å²) in [4.78, 5) is 3.99. The number of rotatable bonds is 6. The SMILES string of the molecule is Cc1ccc(C)c(COC2CCN(S(=O)(=O)C=Cc3cccnc3)CC2)c1. The molecular weight excluding hydrogens is 360 g/mol. The molecule has 3 rings (SSSR count). The normalized spacial score (nSPS) is 16.8. The molecule has 5 nitrogen and oxygen atoms in total. The summed E-state index contributed by atoms with van der Waals surface area (Å²) < 4.78 is 32.6. The minimum absolute atomic E-state index is 0.0960. The van der Waals surface area contributed by atoms with Crippen LogP contribution in [0.25, 0.3) is 6.08 Å². The van der Waals surface area contributed by atoms with Crippen molar-refractivity contribution in [2.24, 2.45) is 0 Å². The van der Waals surface area contributed by atoms with Crippen molar-refractivity contribution in [2.45, 2.75) is 39.4 Å². The first-order valence-electron chi connectivity index (χ1n) is 9.20. The highest BCUT2D eigenvalue weighted by atomic mass is 32.2. The molecule has 2 heterocycles. The summed E-state index contributed by atoms with van der Waals surface area (Å²) in [5, 5.41) is 1.27. The molecule has 2 aromatic rings. The highest BCUT2D eigenvalue weighted by molar-refractivity contribution is 7.92. The van der Waals surface area contributed by atoms with Gasteiger partial charge in [-0.15, -0.1) is 0 Å². The molecule has 144 valence electrons. The molecule has 0 N–H and O–H groups in total. The van der Waals surface area contributed by atoms with Gasteiger partial charge >= 0.3 is 0 Å². The van der Waals surface area contributed by atoms with E-state index in [1.807, 2.05) is 6.07 Å². The van der Waals surface area contributed by atoms with E-state index < -0.39 is 10.0 Å². The Morgan fingerprint density at radius 1 is 1.22 bits per heavy atom. The molecule has 1 aliphatic heterocycles. The number of aromatic nitrogens is 1. The largest absolute Gasteiger partial charge is 0.373 e. The molecular formula is C21H26N2O3S. The van der Waals surface area contributed by atoms with Gasteiger partial charge in [0.25, 0.3) is 0 Å². The number of sulfonamides is 1. The van der Waals surface area contributed by atoms with Gasteiger partial charge in [0.1, 0.15) is 0 Å². The lowest BCUT2D eigenvalue weighted by Crippen LogP contribution is -2.39. The molecule has 0 bridgehead atoms. The lowest BCUT2D eigenvalue weighted by Gasteiger charge is -2.30. The lowest BCUT2D eigenvalue weighted by atomic mass is 10.1. The molecule has 1 saturated heterocycles. The molecule has 0 saturated carbocycles. The van der Waals surface area contributed by atoms with Gasteiger partial charge in [-0.25, -0.2) is 8.42 Å². The average Bonchev–Trinajstić information content (AvgIpc) is 2.68. The van der Waals surface area contributed by atoms with Crippen molar-refractivity contribution in [1.82, 2.24) is 9.29 Å². The summed E-state index contributed by atoms with van der Waals surface area (Å²) >= 11 is 0. The van der Waals surface area contributed by atoms with E-state index in [1.165, 1.54) is 26.4 Å². The summed E-state index contributed by atoms with van der Waals surface area (Å²) in [6.45, 7) is 5.70. The van der Waals surface area contributed by atoms with Crippen LogP contribution in [0, 0.1) is 13.8 Å². The van der Waals surface area contributed by atoms with Crippen molar-refractivity contribution in [3.8, 4) is 0 Å². The van der Waals surface area contributed by atoms with E-state index in [0.29, 0.717) is 32.5 Å². The summed E-state index contributed by atoms with van der Waals surface area (Å²) in [6, 6.07) is 9.97. The quantitative estimate of drug-likeness (QED) is 0.760. The van der Waals surface area contributed by atoms with E-state index in [1.54, 1.807) is 24.5 Å². The second kappa shape index (κ2) is 8.78. The highest BCUT2D eigenvalue weighted by Crippen LogP contribution is 2.20. The fourth-order valence-electron chi connectivity index (χ4n) is 3.14. The maximum Gasteiger partial charge on any atom is 0.236 e. The first kappa shape index (κ1) is 19.7. The average molecular weight is 387 g/mol. The summed E-state index contributed by atoms with van der Waals surface area (Å²) in [5.41, 5.74) is 4.42. The number of aryl methyl sites for hydroxylation is 2. The van der Waals surface area contributed by atoms with Crippen LogP contribution >= 0.6 is 0 Å². The summed E-state index contributed by atoms with van der Waals surface area (Å²) in [7, 11) is -3.41. The van der Waals surface area contributed by atoms with E-state index in [9.17, 15) is 8.42 Å². The molecule has 0 radical (unpaired) electrons. The lowest BCUT2D eigenvalue weighted by molar-refractivity contribution is 0.0101. The van der Waals surface area contributed by atoms with Gasteiger partial charge in [0, 0.05) is 30.9 Å². The van der Waals surface area contributed by atoms with Crippen LogP contribution in [0.5, 0.6) is 0 Å². The first-order valence-corrected chi connectivity index (χ1v) is 10.7. The highest BCUT2D eigenvalue weighted by Gasteiger charge is 2.26. The first-order chi connectivity index (χ1) is 12.9. The molecule has 0 unspecified atom stereocenters. The van der Waals surface area contributed by atoms with Crippen LogP contribution in [-0.4, -0.2) is 36.9 Å². The Morgan fingerprint density at radius 3 is 2.70 bits per heavy atom. The second-order valence-corrected chi connectivity index (χ2v) is 8.79. The Balaban J connectivity index is 1.52. The van der Waals surface area contributed by atoms with Gasteiger partial charge in [-0.2, -0.15) is 4.31 Å². The van der Waals surface area contributed by atoms with Crippen LogP contribution in [0.2, 0.25) is 0 Å². The van der Waals surface area contributed by atoms with Crippen molar-refractivity contribution < 1.29 is 13.2 Å². The second-order valence-electron chi connectivity index (χ2n) is 6.97. The Hall–Kier alpha value is -2.02. The third-order valence-electron chi connectivity index (χ3n) is 4.86. The van der Waals surface area contributed by atoms with Crippen LogP contribution in [0.1, 0.15) is 35.1 Å². The fourth-order valence-corrected chi connectivity index (χ4v) is 4.36. The van der Waals surface area contributed by atoms with Gasteiger partial charge in [-0.1, -0.05) is 29.8 Å². The van der Waals surface area contributed by atoms with Crippen LogP contribution in [0.3, 0.4) is 0 Å². The van der Waals surface area contributed by atoms with E-state index in [4.69, 9.17) is 4.74 Å². The molecule has 1 fully saturated rings. The zero-order valence-electron chi connectivity index (χ0n) is 15.8. The van der Waals surface area contributed by atoms with Gasteiger partial charge in [0.2, 0.25) is 10.0 Å². The zero-order valence-corrected chi connectivity index (χ0v) is 16.7. The molecule has 0 atom stereocenters. The van der Waals surface area contributed by atoms with Crippen molar-refractivity contribution in [3.05, 3.63) is 70.4 Å². The van der Waals surface area contributed by atoms with Crippen molar-refractivity contribution in [1.29, 1.82) is 0 Å². The van der Waals surface area contributed by atoms with E-state index >= 15 is 0 Å². The number of benzene rings is 1. The predicted molar refractivity (Wildman–Crippen MR) is 107 cm³/mol. The molecule has 0 amide bonds. The summed E-state index contributed by atoms with van der Waals surface area (Å²) in [5.74, 6) is 0. The summed E-state index contributed by atoms with van der Waals surface area (Å²) in [6.07, 6.45) is 6.41. The van der Waals surface area contributed by atoms with Gasteiger partial charge in [0.05, 0.1) is 12.7 Å². The number of piperidine rings is 1. The minimum Gasteiger partial charge on any atom is -0.373 e. The van der Waals surface area contributed by atoms with Crippen molar-refractivity contribution in [2.75, 3.05) is 13.1 Å². The number of nitrogens with zero attached hydrogens (tertiary/aromatic N) is 2. The van der Waals surface area contributed by atoms with Gasteiger partial charge in [0.15, 0.2) is 0 Å². The maximum atomic E-state index is 12.5. The number of hydrogen-bond acceptors (Lipinski definition) is 4. The molecule has 6 heteroatoms. The zero-order chi connectivity index (χ0) is 19.3. The van der Waals surface area contributed by atoms with Crippen LogP contribution in [0.15, 0.2) is 48.1 Å². The Labute approximate surface area is 161 Å². The monoisotopic (exact) mass is 386 g/mol. The molecule has 1 aromatic carbocycles. The standard InChI is InChI=1S/C21H26N2O3S/c1-17-5-6-18(2)20(14-17)16-26-21-7-11-23(12-8-21)27(24,25)13-9-19-4-3-10-22-15-19/h3-6,9-10,13-15,21H,7-8,11-12,16H2,1-2H3.